The zero-order valence-corrected chi connectivity index (χ0v) is 17.2. The molecular formula is C26H26N4. The van der Waals surface area contributed by atoms with E-state index in [9.17, 15) is 0 Å². The van der Waals surface area contributed by atoms with Crippen LogP contribution in [0.3, 0.4) is 0 Å². The number of benzene rings is 1. The van der Waals surface area contributed by atoms with E-state index in [1.165, 1.54) is 16.7 Å². The number of nitrogen functional groups attached to an aromatic ring is 1. The summed E-state index contributed by atoms with van der Waals surface area (Å²) in [5.41, 5.74) is 11.9. The summed E-state index contributed by atoms with van der Waals surface area (Å²) in [6.45, 7) is 4.02. The first-order valence-corrected chi connectivity index (χ1v) is 10.5. The molecule has 4 nitrogen and oxygen atoms in total. The van der Waals surface area contributed by atoms with E-state index in [0.717, 1.165) is 48.1 Å². The van der Waals surface area contributed by atoms with Crippen LogP contribution >= 0.6 is 0 Å². The van der Waals surface area contributed by atoms with Crippen LogP contribution in [0.25, 0.3) is 16.3 Å². The van der Waals surface area contributed by atoms with Crippen LogP contribution in [-0.2, 0) is 5.41 Å². The van der Waals surface area contributed by atoms with E-state index in [1.54, 1.807) is 0 Å². The maximum absolute atomic E-state index is 6.18. The number of aromatic nitrogens is 2. The van der Waals surface area contributed by atoms with E-state index < -0.39 is 0 Å². The first-order valence-electron chi connectivity index (χ1n) is 10.5. The number of nitrogens with one attached hydrogen (secondary N) is 1. The lowest BCUT2D eigenvalue weighted by Gasteiger charge is -2.38. The number of aryl methyl sites for hydroxylation is 1. The van der Waals surface area contributed by atoms with E-state index in [-0.39, 0.29) is 5.41 Å². The van der Waals surface area contributed by atoms with Gasteiger partial charge in [0.15, 0.2) is 0 Å². The number of nitrogens with two attached hydrogens (primary N) is 1. The molecule has 4 heteroatoms. The highest BCUT2D eigenvalue weighted by Gasteiger charge is 2.38. The fourth-order valence-electron chi connectivity index (χ4n) is 4.74. The van der Waals surface area contributed by atoms with E-state index in [2.05, 4.69) is 66.9 Å². The Morgan fingerprint density at radius 1 is 1.13 bits per heavy atom. The molecule has 0 radical (unpaired) electrons. The van der Waals surface area contributed by atoms with Crippen LogP contribution in [0.5, 0.6) is 0 Å². The number of fused-ring (bicyclic) bond motifs is 1. The van der Waals surface area contributed by atoms with E-state index in [1.807, 2.05) is 18.3 Å². The fourth-order valence-corrected chi connectivity index (χ4v) is 4.74. The molecule has 150 valence electrons. The molecule has 2 aromatic heterocycles. The topological polar surface area (TPSA) is 63.8 Å². The summed E-state index contributed by atoms with van der Waals surface area (Å²) in [5, 5.41) is 5.70. The summed E-state index contributed by atoms with van der Waals surface area (Å²) < 4.78 is 0. The number of nitrogens with zero attached hydrogens (tertiary/aromatic N) is 2. The lowest BCUT2D eigenvalue weighted by molar-refractivity contribution is 0.554. The van der Waals surface area contributed by atoms with Crippen LogP contribution in [0.2, 0.25) is 0 Å². The van der Waals surface area contributed by atoms with Gasteiger partial charge in [0.2, 0.25) is 0 Å². The van der Waals surface area contributed by atoms with Gasteiger partial charge in [-0.05, 0) is 61.0 Å². The molecule has 0 bridgehead atoms. The minimum Gasteiger partial charge on any atom is -0.384 e. The second-order valence-corrected chi connectivity index (χ2v) is 8.22. The predicted molar refractivity (Wildman–Crippen MR) is 124 cm³/mol. The molecule has 3 heterocycles. The van der Waals surface area contributed by atoms with Crippen molar-refractivity contribution in [1.82, 2.24) is 15.3 Å². The molecule has 1 unspecified atom stereocenters. The van der Waals surface area contributed by atoms with Gasteiger partial charge >= 0.3 is 0 Å². The summed E-state index contributed by atoms with van der Waals surface area (Å²) in [7, 11) is 0. The maximum Gasteiger partial charge on any atom is 0.124 e. The molecule has 1 aliphatic carbocycles. The van der Waals surface area contributed by atoms with Gasteiger partial charge in [0, 0.05) is 18.1 Å². The summed E-state index contributed by atoms with van der Waals surface area (Å²) in [4.78, 5) is 9.60. The molecule has 1 aliphatic heterocycles. The highest BCUT2D eigenvalue weighted by Crippen LogP contribution is 2.46. The molecule has 0 spiro atoms. The van der Waals surface area contributed by atoms with Gasteiger partial charge in [0.25, 0.3) is 0 Å². The Kier molecular flexibility index (Phi) is 4.72. The summed E-state index contributed by atoms with van der Waals surface area (Å²) in [5.74, 6) is 0.555. The molecule has 0 amide bonds. The van der Waals surface area contributed by atoms with Crippen molar-refractivity contribution in [2.45, 2.75) is 25.2 Å². The predicted octanol–water partition coefficient (Wildman–Crippen LogP) is 4.72. The van der Waals surface area contributed by atoms with Gasteiger partial charge in [0.05, 0.1) is 16.8 Å². The molecule has 0 fully saturated rings. The normalized spacial score (nSPS) is 21.4. The van der Waals surface area contributed by atoms with E-state index >= 15 is 0 Å². The number of rotatable bonds is 3. The maximum atomic E-state index is 6.18. The highest BCUT2D eigenvalue weighted by atomic mass is 14.9. The van der Waals surface area contributed by atoms with Gasteiger partial charge in [-0.25, -0.2) is 4.98 Å². The lowest BCUT2D eigenvalue weighted by atomic mass is 9.67. The number of pyridine rings is 2. The summed E-state index contributed by atoms with van der Waals surface area (Å²) in [6, 6.07) is 14.6. The van der Waals surface area contributed by atoms with Crippen LogP contribution in [-0.4, -0.2) is 23.1 Å². The van der Waals surface area contributed by atoms with Crippen LogP contribution in [0.15, 0.2) is 78.5 Å². The van der Waals surface area contributed by atoms with Crippen LogP contribution < -0.4 is 11.1 Å². The molecule has 1 atom stereocenters. The van der Waals surface area contributed by atoms with Crippen molar-refractivity contribution in [3.8, 4) is 0 Å². The molecular weight excluding hydrogens is 368 g/mol. The average molecular weight is 395 g/mol. The van der Waals surface area contributed by atoms with Gasteiger partial charge in [0.1, 0.15) is 5.82 Å². The molecule has 3 aromatic rings. The van der Waals surface area contributed by atoms with Gasteiger partial charge in [-0.1, -0.05) is 54.1 Å². The molecule has 3 N–H and O–H groups in total. The number of hydrogen-bond donors (Lipinski definition) is 2. The minimum atomic E-state index is -0.258. The van der Waals surface area contributed by atoms with Gasteiger partial charge in [-0.2, -0.15) is 0 Å². The van der Waals surface area contributed by atoms with E-state index in [4.69, 9.17) is 15.7 Å². The zero-order valence-electron chi connectivity index (χ0n) is 17.2. The van der Waals surface area contributed by atoms with Crippen LogP contribution in [0, 0.1) is 6.92 Å². The smallest absolute Gasteiger partial charge is 0.124 e. The first kappa shape index (κ1) is 18.8. The summed E-state index contributed by atoms with van der Waals surface area (Å²) >= 11 is 0. The standard InChI is InChI=1S/C26H26N4/c1-18-8-14-29-23(15-18)26(21-9-12-28-13-10-21)11-4-6-20(17-26)25-22-7-3-2-5-19(22)16-24(27)30-25/h2-9,11,14-16,28H,10,12-13,17H2,1H3,(H2,27,30). The summed E-state index contributed by atoms with van der Waals surface area (Å²) in [6.07, 6.45) is 12.8. The van der Waals surface area contributed by atoms with Crippen molar-refractivity contribution in [1.29, 1.82) is 0 Å². The van der Waals surface area contributed by atoms with Crippen molar-refractivity contribution in [3.63, 3.8) is 0 Å². The minimum absolute atomic E-state index is 0.258. The monoisotopic (exact) mass is 394 g/mol. The molecule has 5 rings (SSSR count). The highest BCUT2D eigenvalue weighted by molar-refractivity contribution is 5.94. The quantitative estimate of drug-likeness (QED) is 0.631. The molecule has 2 aliphatic rings. The molecule has 0 saturated heterocycles. The number of hydrogen-bond acceptors (Lipinski definition) is 4. The fraction of sp³-hybridized carbons (Fsp3) is 0.231. The van der Waals surface area contributed by atoms with Crippen molar-refractivity contribution in [3.05, 3.63) is 95.5 Å². The third-order valence-electron chi connectivity index (χ3n) is 6.22. The Morgan fingerprint density at radius 3 is 2.87 bits per heavy atom. The van der Waals surface area contributed by atoms with Gasteiger partial charge < -0.3 is 11.1 Å². The van der Waals surface area contributed by atoms with E-state index in [0.29, 0.717) is 5.82 Å². The first-order chi connectivity index (χ1) is 14.7. The lowest BCUT2D eigenvalue weighted by Crippen LogP contribution is -2.34. The zero-order chi connectivity index (χ0) is 20.6. The second kappa shape index (κ2) is 7.54. The number of anilines is 1. The van der Waals surface area contributed by atoms with Crippen molar-refractivity contribution in [2.24, 2.45) is 0 Å². The SMILES string of the molecule is Cc1ccnc(C2(C3=CCNCC3)C=CC=C(c3nc(N)cc4ccccc34)C2)c1. The molecule has 0 saturated carbocycles. The third-order valence-corrected chi connectivity index (χ3v) is 6.22. The van der Waals surface area contributed by atoms with Crippen molar-refractivity contribution >= 4 is 22.2 Å². The van der Waals surface area contributed by atoms with Crippen LogP contribution in [0.4, 0.5) is 5.82 Å². The molecule has 1 aromatic carbocycles. The van der Waals surface area contributed by atoms with Crippen LogP contribution in [0.1, 0.15) is 29.8 Å². The Labute approximate surface area is 177 Å². The third kappa shape index (κ3) is 3.23. The average Bonchev–Trinajstić information content (AvgIpc) is 2.79. The number of allylic oxidation sites excluding steroid dienone is 4. The van der Waals surface area contributed by atoms with Crippen molar-refractivity contribution in [2.75, 3.05) is 18.8 Å². The Balaban J connectivity index is 1.67. The Bertz CT molecular complexity index is 1200. The van der Waals surface area contributed by atoms with Gasteiger partial charge in [-0.3, -0.25) is 4.98 Å². The largest absolute Gasteiger partial charge is 0.384 e. The van der Waals surface area contributed by atoms with Gasteiger partial charge in [-0.15, -0.1) is 0 Å². The second-order valence-electron chi connectivity index (χ2n) is 8.22. The Hall–Kier alpha value is -3.24. The van der Waals surface area contributed by atoms with Crippen molar-refractivity contribution < 1.29 is 0 Å². The Morgan fingerprint density at radius 2 is 2.03 bits per heavy atom. The molecule has 30 heavy (non-hydrogen) atoms.